The van der Waals surface area contributed by atoms with Gasteiger partial charge in [-0.25, -0.2) is 0 Å². The first-order valence-electron chi connectivity index (χ1n) is 6.12. The third-order valence-electron chi connectivity index (χ3n) is 3.05. The Bertz CT molecular complexity index is 547. The molecule has 2 unspecified atom stereocenters. The largest absolute Gasteiger partial charge is 0.392 e. The molecule has 0 amide bonds. The molecule has 19 heavy (non-hydrogen) atoms. The molecule has 0 aliphatic rings. The normalized spacial score (nSPS) is 13.8. The van der Waals surface area contributed by atoms with Gasteiger partial charge in [-0.2, -0.15) is 0 Å². The van der Waals surface area contributed by atoms with Crippen molar-refractivity contribution in [1.82, 2.24) is 0 Å². The quantitative estimate of drug-likeness (QED) is 0.864. The zero-order valence-corrected chi connectivity index (χ0v) is 11.3. The van der Waals surface area contributed by atoms with E-state index in [1.54, 1.807) is 31.2 Å². The highest BCUT2D eigenvalue weighted by Crippen LogP contribution is 2.25. The maximum atomic E-state index is 12.5. The number of benzene rings is 2. The van der Waals surface area contributed by atoms with Gasteiger partial charge in [0.25, 0.3) is 0 Å². The van der Waals surface area contributed by atoms with Crippen molar-refractivity contribution in [2.45, 2.75) is 18.9 Å². The van der Waals surface area contributed by atoms with E-state index in [4.69, 9.17) is 11.6 Å². The van der Waals surface area contributed by atoms with E-state index in [2.05, 4.69) is 0 Å². The summed E-state index contributed by atoms with van der Waals surface area (Å²) < 4.78 is 0. The van der Waals surface area contributed by atoms with Gasteiger partial charge in [0.05, 0.1) is 12.0 Å². The number of carbonyl (C=O) groups excluding carboxylic acids is 1. The van der Waals surface area contributed by atoms with Gasteiger partial charge in [0.15, 0.2) is 5.78 Å². The van der Waals surface area contributed by atoms with Crippen molar-refractivity contribution < 1.29 is 9.90 Å². The topological polar surface area (TPSA) is 37.3 Å². The molecule has 2 nitrogen and oxygen atoms in total. The zero-order valence-electron chi connectivity index (χ0n) is 10.6. The second kappa shape index (κ2) is 6.00. The molecule has 0 aromatic heterocycles. The molecule has 0 spiro atoms. The molecule has 0 saturated heterocycles. The van der Waals surface area contributed by atoms with Crippen LogP contribution in [0, 0.1) is 0 Å². The number of aliphatic hydroxyl groups excluding tert-OH is 1. The van der Waals surface area contributed by atoms with E-state index in [1.165, 1.54) is 0 Å². The van der Waals surface area contributed by atoms with Gasteiger partial charge in [-0.1, -0.05) is 41.9 Å². The Hall–Kier alpha value is -1.64. The number of aliphatic hydroxyl groups is 1. The van der Waals surface area contributed by atoms with Gasteiger partial charge in [0.1, 0.15) is 0 Å². The van der Waals surface area contributed by atoms with Gasteiger partial charge in [0, 0.05) is 10.6 Å². The highest BCUT2D eigenvalue weighted by Gasteiger charge is 2.26. The zero-order chi connectivity index (χ0) is 13.8. The lowest BCUT2D eigenvalue weighted by Crippen LogP contribution is -2.23. The molecule has 1 N–H and O–H groups in total. The van der Waals surface area contributed by atoms with Gasteiger partial charge < -0.3 is 5.11 Å². The predicted octanol–water partition coefficient (Wildman–Crippen LogP) is 3.69. The van der Waals surface area contributed by atoms with E-state index in [9.17, 15) is 9.90 Å². The molecule has 3 heteroatoms. The second-order valence-electron chi connectivity index (χ2n) is 4.50. The lowest BCUT2D eigenvalue weighted by molar-refractivity contribution is 0.0841. The lowest BCUT2D eigenvalue weighted by Gasteiger charge is -2.19. The van der Waals surface area contributed by atoms with Crippen LogP contribution in [0.15, 0.2) is 54.6 Å². The van der Waals surface area contributed by atoms with Gasteiger partial charge in [-0.3, -0.25) is 4.79 Å². The summed E-state index contributed by atoms with van der Waals surface area (Å²) >= 11 is 5.81. The summed E-state index contributed by atoms with van der Waals surface area (Å²) in [7, 11) is 0. The van der Waals surface area contributed by atoms with Crippen molar-refractivity contribution >= 4 is 17.4 Å². The molecule has 2 aromatic carbocycles. The Morgan fingerprint density at radius 2 is 1.63 bits per heavy atom. The monoisotopic (exact) mass is 274 g/mol. The van der Waals surface area contributed by atoms with E-state index in [0.717, 1.165) is 5.56 Å². The highest BCUT2D eigenvalue weighted by molar-refractivity contribution is 6.30. The number of ketones is 1. The number of halogens is 1. The fraction of sp³-hybridized carbons (Fsp3) is 0.188. The van der Waals surface area contributed by atoms with Crippen LogP contribution < -0.4 is 0 Å². The number of hydrogen-bond acceptors (Lipinski definition) is 2. The molecule has 0 bridgehead atoms. The Morgan fingerprint density at radius 3 is 2.16 bits per heavy atom. The summed E-state index contributed by atoms with van der Waals surface area (Å²) in [6.07, 6.45) is -0.745. The van der Waals surface area contributed by atoms with Gasteiger partial charge in [0.2, 0.25) is 0 Å². The summed E-state index contributed by atoms with van der Waals surface area (Å²) in [6, 6.07) is 16.0. The summed E-state index contributed by atoms with van der Waals surface area (Å²) in [5.74, 6) is -0.653. The van der Waals surface area contributed by atoms with Crippen LogP contribution in [0.25, 0.3) is 0 Å². The van der Waals surface area contributed by atoms with Crippen LogP contribution >= 0.6 is 11.6 Å². The number of Topliss-reactive ketones (excluding diaryl/α,β-unsaturated/α-hetero) is 1. The van der Waals surface area contributed by atoms with Crippen molar-refractivity contribution in [2.24, 2.45) is 0 Å². The molecule has 2 atom stereocenters. The highest BCUT2D eigenvalue weighted by atomic mass is 35.5. The van der Waals surface area contributed by atoms with E-state index in [-0.39, 0.29) is 5.78 Å². The Balaban J connectivity index is 2.35. The first kappa shape index (κ1) is 13.8. The smallest absolute Gasteiger partial charge is 0.172 e. The Morgan fingerprint density at radius 1 is 1.05 bits per heavy atom. The van der Waals surface area contributed by atoms with Crippen LogP contribution in [0.4, 0.5) is 0 Å². The third kappa shape index (κ3) is 3.22. The summed E-state index contributed by atoms with van der Waals surface area (Å²) in [5, 5.41) is 10.5. The van der Waals surface area contributed by atoms with Gasteiger partial charge in [-0.05, 0) is 36.8 Å². The molecule has 98 valence electrons. The average molecular weight is 275 g/mol. The van der Waals surface area contributed by atoms with Crippen LogP contribution in [0.1, 0.15) is 28.8 Å². The number of hydrogen-bond donors (Lipinski definition) is 1. The molecule has 2 aromatic rings. The Kier molecular flexibility index (Phi) is 4.35. The first-order chi connectivity index (χ1) is 9.09. The molecule has 2 rings (SSSR count). The standard InChI is InChI=1S/C16H15ClO2/c1-11(18)15(12-5-3-2-4-6-12)16(19)13-7-9-14(17)10-8-13/h2-11,15,18H,1H3. The second-order valence-corrected chi connectivity index (χ2v) is 4.94. The minimum absolute atomic E-state index is 0.0992. The maximum absolute atomic E-state index is 12.5. The van der Waals surface area contributed by atoms with Crippen LogP contribution in [0.2, 0.25) is 5.02 Å². The van der Waals surface area contributed by atoms with Crippen LogP contribution in [0.3, 0.4) is 0 Å². The third-order valence-corrected chi connectivity index (χ3v) is 3.30. The minimum Gasteiger partial charge on any atom is -0.392 e. The summed E-state index contributed by atoms with van der Waals surface area (Å²) in [6.45, 7) is 1.63. The fourth-order valence-corrected chi connectivity index (χ4v) is 2.23. The molecule has 0 heterocycles. The molecular formula is C16H15ClO2. The lowest BCUT2D eigenvalue weighted by atomic mass is 9.87. The molecule has 0 fully saturated rings. The number of carbonyl (C=O) groups is 1. The van der Waals surface area contributed by atoms with Crippen molar-refractivity contribution in [3.8, 4) is 0 Å². The van der Waals surface area contributed by atoms with Crippen molar-refractivity contribution in [3.63, 3.8) is 0 Å². The fourth-order valence-electron chi connectivity index (χ4n) is 2.10. The van der Waals surface area contributed by atoms with Crippen molar-refractivity contribution in [1.29, 1.82) is 0 Å². The van der Waals surface area contributed by atoms with E-state index >= 15 is 0 Å². The SMILES string of the molecule is CC(O)C(C(=O)c1ccc(Cl)cc1)c1ccccc1. The average Bonchev–Trinajstić information content (AvgIpc) is 2.40. The van der Waals surface area contributed by atoms with Crippen LogP contribution in [-0.4, -0.2) is 17.0 Å². The molecular weight excluding hydrogens is 260 g/mol. The molecule has 0 radical (unpaired) electrons. The maximum Gasteiger partial charge on any atom is 0.172 e. The van der Waals surface area contributed by atoms with E-state index in [1.807, 2.05) is 30.3 Å². The molecule has 0 aliphatic heterocycles. The van der Waals surface area contributed by atoms with E-state index < -0.39 is 12.0 Å². The summed E-state index contributed by atoms with van der Waals surface area (Å²) in [5.41, 5.74) is 1.37. The van der Waals surface area contributed by atoms with Crippen molar-refractivity contribution in [3.05, 3.63) is 70.7 Å². The van der Waals surface area contributed by atoms with Gasteiger partial charge in [-0.15, -0.1) is 0 Å². The summed E-state index contributed by atoms with van der Waals surface area (Å²) in [4.78, 5) is 12.5. The molecule has 0 aliphatic carbocycles. The van der Waals surface area contributed by atoms with Crippen LogP contribution in [0.5, 0.6) is 0 Å². The molecule has 0 saturated carbocycles. The van der Waals surface area contributed by atoms with E-state index in [0.29, 0.717) is 10.6 Å². The van der Waals surface area contributed by atoms with Crippen molar-refractivity contribution in [2.75, 3.05) is 0 Å². The number of rotatable bonds is 4. The predicted molar refractivity (Wildman–Crippen MR) is 76.6 cm³/mol. The Labute approximate surface area is 117 Å². The first-order valence-corrected chi connectivity index (χ1v) is 6.50. The van der Waals surface area contributed by atoms with Gasteiger partial charge >= 0.3 is 0 Å². The van der Waals surface area contributed by atoms with Crippen LogP contribution in [-0.2, 0) is 0 Å². The minimum atomic E-state index is -0.745.